The van der Waals surface area contributed by atoms with Crippen LogP contribution in [0.15, 0.2) is 58.3 Å². The number of aromatic nitrogens is 3. The molecule has 30 heavy (non-hydrogen) atoms. The summed E-state index contributed by atoms with van der Waals surface area (Å²) in [7, 11) is 0. The van der Waals surface area contributed by atoms with Crippen LogP contribution in [0.25, 0.3) is 0 Å². The highest BCUT2D eigenvalue weighted by Gasteiger charge is 2.43. The number of benzene rings is 1. The summed E-state index contributed by atoms with van der Waals surface area (Å²) in [6.45, 7) is 0. The van der Waals surface area contributed by atoms with Gasteiger partial charge in [-0.05, 0) is 36.2 Å². The first kappa shape index (κ1) is 18.9. The zero-order valence-electron chi connectivity index (χ0n) is 15.3. The number of allylic oxidation sites excluding steroid dienone is 2. The number of hydrogen-bond acceptors (Lipinski definition) is 5. The summed E-state index contributed by atoms with van der Waals surface area (Å²) in [5.41, 5.74) is 1.44. The van der Waals surface area contributed by atoms with E-state index in [0.29, 0.717) is 34.0 Å². The summed E-state index contributed by atoms with van der Waals surface area (Å²) < 4.78 is 46.4. The lowest BCUT2D eigenvalue weighted by Crippen LogP contribution is -2.33. The molecule has 1 aliphatic heterocycles. The van der Waals surface area contributed by atoms with Crippen molar-refractivity contribution in [1.29, 1.82) is 0 Å². The number of rotatable bonds is 2. The van der Waals surface area contributed by atoms with Crippen LogP contribution in [0.1, 0.15) is 41.9 Å². The van der Waals surface area contributed by atoms with E-state index in [0.717, 1.165) is 4.68 Å². The van der Waals surface area contributed by atoms with Gasteiger partial charge in [-0.3, -0.25) is 4.79 Å². The zero-order valence-corrected chi connectivity index (χ0v) is 16.0. The fourth-order valence-corrected chi connectivity index (χ4v) is 4.24. The van der Waals surface area contributed by atoms with Crippen molar-refractivity contribution in [3.63, 3.8) is 0 Å². The minimum atomic E-state index is -4.72. The van der Waals surface area contributed by atoms with Crippen LogP contribution in [0.5, 0.6) is 0 Å². The van der Waals surface area contributed by atoms with E-state index in [1.807, 2.05) is 0 Å². The largest absolute Gasteiger partial charge is 0.469 e. The van der Waals surface area contributed by atoms with Gasteiger partial charge in [-0.15, -0.1) is 5.10 Å². The van der Waals surface area contributed by atoms with Gasteiger partial charge in [0.05, 0.1) is 6.26 Å². The van der Waals surface area contributed by atoms with Gasteiger partial charge in [0.15, 0.2) is 5.78 Å². The average Bonchev–Trinajstić information content (AvgIpc) is 3.35. The molecule has 0 spiro atoms. The molecule has 1 aromatic carbocycles. The van der Waals surface area contributed by atoms with E-state index >= 15 is 0 Å². The molecule has 154 valence electrons. The topological polar surface area (TPSA) is 73.0 Å². The predicted molar refractivity (Wildman–Crippen MR) is 101 cm³/mol. The Morgan fingerprint density at radius 2 is 2.03 bits per heavy atom. The van der Waals surface area contributed by atoms with Gasteiger partial charge >= 0.3 is 6.18 Å². The molecule has 10 heteroatoms. The number of carbonyl (C=O) groups excluding carboxylic acids is 1. The first-order valence-electron chi connectivity index (χ1n) is 9.17. The van der Waals surface area contributed by atoms with Gasteiger partial charge < -0.3 is 9.73 Å². The normalized spacial score (nSPS) is 21.3. The Kier molecular flexibility index (Phi) is 4.25. The SMILES string of the molecule is O=C1CC(c2ccco2)CC2=C1C(c1cccc(Cl)c1)n1nc(C(F)(F)F)nc1N2. The van der Waals surface area contributed by atoms with Gasteiger partial charge in [-0.25, -0.2) is 4.68 Å². The fraction of sp³-hybridized carbons (Fsp3) is 0.250. The van der Waals surface area contributed by atoms with E-state index in [9.17, 15) is 18.0 Å². The first-order valence-corrected chi connectivity index (χ1v) is 9.55. The van der Waals surface area contributed by atoms with E-state index in [4.69, 9.17) is 16.0 Å². The fourth-order valence-electron chi connectivity index (χ4n) is 4.04. The lowest BCUT2D eigenvalue weighted by Gasteiger charge is -2.34. The molecular weight excluding hydrogens is 421 g/mol. The number of anilines is 1. The lowest BCUT2D eigenvalue weighted by molar-refractivity contribution is -0.145. The van der Waals surface area contributed by atoms with Crippen molar-refractivity contribution in [2.75, 3.05) is 5.32 Å². The number of carbonyl (C=O) groups is 1. The molecule has 0 amide bonds. The molecule has 3 heterocycles. The molecule has 2 atom stereocenters. The van der Waals surface area contributed by atoms with Crippen LogP contribution >= 0.6 is 11.6 Å². The quantitative estimate of drug-likeness (QED) is 0.617. The van der Waals surface area contributed by atoms with Crippen LogP contribution in [-0.4, -0.2) is 20.5 Å². The Labute approximate surface area is 173 Å². The zero-order chi connectivity index (χ0) is 21.0. The Balaban J connectivity index is 1.65. The van der Waals surface area contributed by atoms with Crippen LogP contribution in [-0.2, 0) is 11.0 Å². The molecule has 1 N–H and O–H groups in total. The van der Waals surface area contributed by atoms with Crippen LogP contribution in [0.4, 0.5) is 19.1 Å². The maximum atomic E-state index is 13.3. The third-order valence-electron chi connectivity index (χ3n) is 5.28. The number of nitrogens with one attached hydrogen (secondary N) is 1. The molecule has 0 bridgehead atoms. The minimum absolute atomic E-state index is 0.0704. The van der Waals surface area contributed by atoms with Crippen molar-refractivity contribution < 1.29 is 22.4 Å². The predicted octanol–water partition coefficient (Wildman–Crippen LogP) is 4.96. The molecule has 0 saturated carbocycles. The Morgan fingerprint density at radius 3 is 2.73 bits per heavy atom. The summed E-state index contributed by atoms with van der Waals surface area (Å²) in [4.78, 5) is 16.8. The molecular formula is C20H14ClF3N4O2. The van der Waals surface area contributed by atoms with Crippen molar-refractivity contribution in [3.8, 4) is 0 Å². The molecule has 6 nitrogen and oxygen atoms in total. The Bertz CT molecular complexity index is 1170. The first-order chi connectivity index (χ1) is 14.3. The van der Waals surface area contributed by atoms with Gasteiger partial charge in [0.1, 0.15) is 11.8 Å². The summed E-state index contributed by atoms with van der Waals surface area (Å²) >= 11 is 6.12. The Hall–Kier alpha value is -3.07. The molecule has 2 aromatic heterocycles. The summed E-state index contributed by atoms with van der Waals surface area (Å²) in [6.07, 6.45) is -2.60. The maximum absolute atomic E-state index is 13.3. The molecule has 3 aromatic rings. The highest BCUT2D eigenvalue weighted by atomic mass is 35.5. The number of halogens is 4. The van der Waals surface area contributed by atoms with Crippen LogP contribution < -0.4 is 5.32 Å². The number of alkyl halides is 3. The van der Waals surface area contributed by atoms with Gasteiger partial charge in [0.25, 0.3) is 5.82 Å². The number of ketones is 1. The van der Waals surface area contributed by atoms with E-state index in [-0.39, 0.29) is 24.1 Å². The molecule has 0 saturated heterocycles. The Morgan fingerprint density at radius 1 is 1.20 bits per heavy atom. The summed E-state index contributed by atoms with van der Waals surface area (Å²) in [6, 6.07) is 9.32. The third kappa shape index (κ3) is 3.09. The number of furan rings is 1. The number of Topliss-reactive ketones (excluding diaryl/α,β-unsaturated/α-hetero) is 1. The number of hydrogen-bond donors (Lipinski definition) is 1. The van der Waals surface area contributed by atoms with Crippen LogP contribution in [0, 0.1) is 0 Å². The second-order valence-corrected chi connectivity index (χ2v) is 7.66. The molecule has 5 rings (SSSR count). The van der Waals surface area contributed by atoms with Gasteiger partial charge in [-0.1, -0.05) is 23.7 Å². The molecule has 0 fully saturated rings. The standard InChI is InChI=1S/C20H14ClF3N4O2/c21-12-4-1-3-10(7-12)17-16-13(8-11(9-14(16)29)15-5-2-6-30-15)25-19-26-18(20(22,23)24)27-28(17)19/h1-7,11,17H,8-9H2,(H,25,26,27). The lowest BCUT2D eigenvalue weighted by atomic mass is 9.79. The van der Waals surface area contributed by atoms with Crippen molar-refractivity contribution in [3.05, 3.63) is 76.1 Å². The molecule has 2 aliphatic rings. The van der Waals surface area contributed by atoms with E-state index < -0.39 is 18.0 Å². The van der Waals surface area contributed by atoms with Gasteiger partial charge in [0, 0.05) is 28.6 Å². The van der Waals surface area contributed by atoms with Crippen LogP contribution in [0.3, 0.4) is 0 Å². The van der Waals surface area contributed by atoms with Crippen LogP contribution in [0.2, 0.25) is 5.02 Å². The smallest absolute Gasteiger partial charge is 0.453 e. The van der Waals surface area contributed by atoms with E-state index in [1.54, 1.807) is 36.4 Å². The molecule has 0 radical (unpaired) electrons. The van der Waals surface area contributed by atoms with Gasteiger partial charge in [0.2, 0.25) is 5.95 Å². The van der Waals surface area contributed by atoms with Crippen molar-refractivity contribution in [2.24, 2.45) is 0 Å². The average molecular weight is 435 g/mol. The maximum Gasteiger partial charge on any atom is 0.453 e. The molecule has 2 unspecified atom stereocenters. The van der Waals surface area contributed by atoms with Crippen molar-refractivity contribution in [2.45, 2.75) is 31.0 Å². The van der Waals surface area contributed by atoms with Crippen molar-refractivity contribution >= 4 is 23.3 Å². The highest BCUT2D eigenvalue weighted by Crippen LogP contribution is 2.45. The number of fused-ring (bicyclic) bond motifs is 1. The van der Waals surface area contributed by atoms with Gasteiger partial charge in [-0.2, -0.15) is 18.2 Å². The summed E-state index contributed by atoms with van der Waals surface area (Å²) in [5.74, 6) is -1.09. The minimum Gasteiger partial charge on any atom is -0.469 e. The second kappa shape index (κ2) is 6.73. The molecule has 1 aliphatic carbocycles. The second-order valence-electron chi connectivity index (χ2n) is 7.22. The van der Waals surface area contributed by atoms with Crippen molar-refractivity contribution in [1.82, 2.24) is 14.8 Å². The van der Waals surface area contributed by atoms with E-state index in [1.165, 1.54) is 6.26 Å². The third-order valence-corrected chi connectivity index (χ3v) is 5.52. The summed E-state index contributed by atoms with van der Waals surface area (Å²) in [5, 5.41) is 6.98. The number of nitrogens with zero attached hydrogens (tertiary/aromatic N) is 3. The monoisotopic (exact) mass is 434 g/mol. The highest BCUT2D eigenvalue weighted by molar-refractivity contribution is 6.30. The van der Waals surface area contributed by atoms with E-state index in [2.05, 4.69) is 15.4 Å².